The monoisotopic (exact) mass is 328 g/mol. The highest BCUT2D eigenvalue weighted by Gasteiger charge is 2.27. The van der Waals surface area contributed by atoms with Crippen LogP contribution in [0.25, 0.3) is 0 Å². The van der Waals surface area contributed by atoms with Crippen LogP contribution in [0.15, 0.2) is 36.9 Å². The average Bonchev–Trinajstić information content (AvgIpc) is 3.16. The molecule has 1 aliphatic rings. The highest BCUT2D eigenvalue weighted by molar-refractivity contribution is 5.80. The first-order chi connectivity index (χ1) is 11.7. The van der Waals surface area contributed by atoms with E-state index in [9.17, 15) is 4.79 Å². The summed E-state index contributed by atoms with van der Waals surface area (Å²) in [7, 11) is 1.68. The second kappa shape index (κ2) is 7.47. The molecule has 0 radical (unpaired) electrons. The molecule has 1 unspecified atom stereocenters. The van der Waals surface area contributed by atoms with Gasteiger partial charge in [-0.2, -0.15) is 5.10 Å². The van der Waals surface area contributed by atoms with Crippen LogP contribution in [0.1, 0.15) is 31.4 Å². The van der Waals surface area contributed by atoms with Gasteiger partial charge in [0.25, 0.3) is 0 Å². The Morgan fingerprint density at radius 3 is 2.58 bits per heavy atom. The van der Waals surface area contributed by atoms with Crippen LogP contribution in [-0.4, -0.2) is 45.8 Å². The normalized spacial score (nSPS) is 16.8. The third-order valence-corrected chi connectivity index (χ3v) is 4.80. The van der Waals surface area contributed by atoms with Crippen LogP contribution in [0, 0.1) is 5.92 Å². The van der Waals surface area contributed by atoms with Gasteiger partial charge in [0.2, 0.25) is 5.91 Å². The van der Waals surface area contributed by atoms with Gasteiger partial charge < -0.3 is 9.64 Å². The molecule has 3 rings (SSSR count). The Kier molecular flexibility index (Phi) is 5.13. The first kappa shape index (κ1) is 16.5. The summed E-state index contributed by atoms with van der Waals surface area (Å²) < 4.78 is 6.81. The van der Waals surface area contributed by atoms with Gasteiger partial charge in [0, 0.05) is 13.1 Å². The predicted molar refractivity (Wildman–Crippen MR) is 90.7 cm³/mol. The number of likely N-dealkylation sites (tertiary alicyclic amines) is 1. The third-order valence-electron chi connectivity index (χ3n) is 4.80. The van der Waals surface area contributed by atoms with Crippen LogP contribution in [0.3, 0.4) is 0 Å². The Balaban J connectivity index is 1.50. The lowest BCUT2D eigenvalue weighted by Crippen LogP contribution is -2.42. The van der Waals surface area contributed by atoms with Crippen molar-refractivity contribution >= 4 is 5.91 Å². The van der Waals surface area contributed by atoms with E-state index in [1.807, 2.05) is 24.0 Å². The molecule has 0 N–H and O–H groups in total. The molecule has 1 aromatic carbocycles. The first-order valence-electron chi connectivity index (χ1n) is 8.43. The van der Waals surface area contributed by atoms with Crippen LogP contribution in [0.2, 0.25) is 0 Å². The number of amides is 1. The lowest BCUT2D eigenvalue weighted by molar-refractivity contribution is -0.136. The molecule has 1 saturated heterocycles. The number of rotatable bonds is 5. The molecule has 1 atom stereocenters. The summed E-state index contributed by atoms with van der Waals surface area (Å²) in [6.45, 7) is 3.51. The largest absolute Gasteiger partial charge is 0.497 e. The molecule has 0 aliphatic carbocycles. The van der Waals surface area contributed by atoms with Gasteiger partial charge in [-0.3, -0.25) is 4.79 Å². The van der Waals surface area contributed by atoms with Gasteiger partial charge in [0.15, 0.2) is 0 Å². The summed E-state index contributed by atoms with van der Waals surface area (Å²) in [4.78, 5) is 18.4. The van der Waals surface area contributed by atoms with Crippen molar-refractivity contribution in [1.29, 1.82) is 0 Å². The summed E-state index contributed by atoms with van der Waals surface area (Å²) in [6.07, 6.45) is 6.21. The Hall–Kier alpha value is -2.37. The van der Waals surface area contributed by atoms with E-state index in [2.05, 4.69) is 22.2 Å². The SMILES string of the molecule is COc1ccc(CC2CCN(C(=O)C(C)n3cncn3)CC2)cc1. The number of piperidine rings is 1. The molecule has 1 fully saturated rings. The lowest BCUT2D eigenvalue weighted by atomic mass is 9.90. The van der Waals surface area contributed by atoms with Crippen LogP contribution in [0.4, 0.5) is 0 Å². The zero-order chi connectivity index (χ0) is 16.9. The molecule has 6 heteroatoms. The van der Waals surface area contributed by atoms with Crippen LogP contribution < -0.4 is 4.74 Å². The van der Waals surface area contributed by atoms with Gasteiger partial charge in [0.1, 0.15) is 24.4 Å². The van der Waals surface area contributed by atoms with E-state index in [0.717, 1.165) is 38.1 Å². The molecule has 24 heavy (non-hydrogen) atoms. The van der Waals surface area contributed by atoms with Crippen molar-refractivity contribution in [2.24, 2.45) is 5.92 Å². The molecule has 0 bridgehead atoms. The number of carbonyl (C=O) groups is 1. The van der Waals surface area contributed by atoms with Gasteiger partial charge >= 0.3 is 0 Å². The fourth-order valence-electron chi connectivity index (χ4n) is 3.25. The van der Waals surface area contributed by atoms with Gasteiger partial charge in [0.05, 0.1) is 7.11 Å². The summed E-state index contributed by atoms with van der Waals surface area (Å²) in [5.41, 5.74) is 1.33. The Morgan fingerprint density at radius 2 is 2.00 bits per heavy atom. The van der Waals surface area contributed by atoms with E-state index in [1.165, 1.54) is 11.9 Å². The van der Waals surface area contributed by atoms with Gasteiger partial charge in [-0.05, 0) is 49.8 Å². The molecular weight excluding hydrogens is 304 g/mol. The first-order valence-corrected chi connectivity index (χ1v) is 8.43. The predicted octanol–water partition coefficient (Wildman–Crippen LogP) is 2.33. The second-order valence-electron chi connectivity index (χ2n) is 6.37. The minimum absolute atomic E-state index is 0.128. The molecule has 2 heterocycles. The molecule has 0 spiro atoms. The fraction of sp³-hybridized carbons (Fsp3) is 0.500. The maximum absolute atomic E-state index is 12.6. The quantitative estimate of drug-likeness (QED) is 0.845. The zero-order valence-corrected chi connectivity index (χ0v) is 14.3. The third kappa shape index (κ3) is 3.75. The second-order valence-corrected chi connectivity index (χ2v) is 6.37. The van der Waals surface area contributed by atoms with Crippen molar-refractivity contribution in [3.8, 4) is 5.75 Å². The van der Waals surface area contributed by atoms with Crippen LogP contribution >= 0.6 is 0 Å². The number of ether oxygens (including phenoxy) is 1. The van der Waals surface area contributed by atoms with Crippen LogP contribution in [-0.2, 0) is 11.2 Å². The van der Waals surface area contributed by atoms with E-state index < -0.39 is 0 Å². The van der Waals surface area contributed by atoms with Crippen molar-refractivity contribution in [1.82, 2.24) is 19.7 Å². The summed E-state index contributed by atoms with van der Waals surface area (Å²) in [5, 5.41) is 4.06. The number of hydrogen-bond acceptors (Lipinski definition) is 4. The van der Waals surface area contributed by atoms with Crippen molar-refractivity contribution in [3.63, 3.8) is 0 Å². The zero-order valence-electron chi connectivity index (χ0n) is 14.3. The van der Waals surface area contributed by atoms with Gasteiger partial charge in [-0.25, -0.2) is 9.67 Å². The maximum atomic E-state index is 12.6. The molecule has 1 aromatic heterocycles. The number of benzene rings is 1. The number of carbonyl (C=O) groups excluding carboxylic acids is 1. The Labute approximate surface area is 142 Å². The highest BCUT2D eigenvalue weighted by Crippen LogP contribution is 2.24. The Bertz CT molecular complexity index is 646. The summed E-state index contributed by atoms with van der Waals surface area (Å²) in [6, 6.07) is 7.99. The van der Waals surface area contributed by atoms with Gasteiger partial charge in [-0.15, -0.1) is 0 Å². The highest BCUT2D eigenvalue weighted by atomic mass is 16.5. The number of methoxy groups -OCH3 is 1. The number of aromatic nitrogens is 3. The topological polar surface area (TPSA) is 60.2 Å². The van der Waals surface area contributed by atoms with Crippen molar-refractivity contribution in [2.45, 2.75) is 32.2 Å². The van der Waals surface area contributed by atoms with E-state index in [4.69, 9.17) is 4.74 Å². The maximum Gasteiger partial charge on any atom is 0.247 e. The van der Waals surface area contributed by atoms with E-state index in [1.54, 1.807) is 18.1 Å². The molecule has 128 valence electrons. The van der Waals surface area contributed by atoms with E-state index in [0.29, 0.717) is 5.92 Å². The van der Waals surface area contributed by atoms with Crippen molar-refractivity contribution in [3.05, 3.63) is 42.5 Å². The Morgan fingerprint density at radius 1 is 1.29 bits per heavy atom. The lowest BCUT2D eigenvalue weighted by Gasteiger charge is -2.33. The van der Waals surface area contributed by atoms with Gasteiger partial charge in [-0.1, -0.05) is 12.1 Å². The molecule has 1 amide bonds. The van der Waals surface area contributed by atoms with E-state index >= 15 is 0 Å². The number of nitrogens with zero attached hydrogens (tertiary/aromatic N) is 4. The summed E-state index contributed by atoms with van der Waals surface area (Å²) >= 11 is 0. The molecule has 2 aromatic rings. The van der Waals surface area contributed by atoms with Crippen LogP contribution in [0.5, 0.6) is 5.75 Å². The standard InChI is InChI=1S/C18H24N4O2/c1-14(22-13-19-12-20-22)18(23)21-9-7-16(8-10-21)11-15-3-5-17(24-2)6-4-15/h3-6,12-14,16H,7-11H2,1-2H3. The van der Waals surface area contributed by atoms with Crippen molar-refractivity contribution < 1.29 is 9.53 Å². The summed E-state index contributed by atoms with van der Waals surface area (Å²) in [5.74, 6) is 1.65. The molecular formula is C18H24N4O2. The fourth-order valence-corrected chi connectivity index (χ4v) is 3.25. The van der Waals surface area contributed by atoms with Crippen molar-refractivity contribution in [2.75, 3.05) is 20.2 Å². The smallest absolute Gasteiger partial charge is 0.247 e. The molecule has 6 nitrogen and oxygen atoms in total. The minimum atomic E-state index is -0.286. The molecule has 0 saturated carbocycles. The minimum Gasteiger partial charge on any atom is -0.497 e. The number of hydrogen-bond donors (Lipinski definition) is 0. The molecule has 1 aliphatic heterocycles. The van der Waals surface area contributed by atoms with E-state index in [-0.39, 0.29) is 11.9 Å². The average molecular weight is 328 g/mol.